The fraction of sp³-hybridized carbons (Fsp3) is 0.464. The van der Waals surface area contributed by atoms with Gasteiger partial charge in [0.2, 0.25) is 5.82 Å². The van der Waals surface area contributed by atoms with E-state index < -0.39 is 5.97 Å². The molecule has 35 heavy (non-hydrogen) atoms. The average Bonchev–Trinajstić information content (AvgIpc) is 3.34. The Labute approximate surface area is 204 Å². The van der Waals surface area contributed by atoms with Crippen LogP contribution in [0.1, 0.15) is 61.4 Å². The van der Waals surface area contributed by atoms with Crippen LogP contribution in [0.15, 0.2) is 47.0 Å². The van der Waals surface area contributed by atoms with E-state index in [0.717, 1.165) is 29.1 Å². The van der Waals surface area contributed by atoms with Crippen LogP contribution in [0.25, 0.3) is 22.8 Å². The SMILES string of the molecule is CCOCOc1ccc(-c2noc(-c3ccc(C(=O)O)cc3)n2)cc1C12CC3CC(CC(C3)C1)C2. The zero-order chi connectivity index (χ0) is 24.0. The van der Waals surface area contributed by atoms with Crippen LogP contribution in [0.3, 0.4) is 0 Å². The topological polar surface area (TPSA) is 94.7 Å². The summed E-state index contributed by atoms with van der Waals surface area (Å²) in [5.41, 5.74) is 3.21. The molecule has 3 aromatic rings. The largest absolute Gasteiger partial charge is 0.478 e. The summed E-state index contributed by atoms with van der Waals surface area (Å²) in [5.74, 6) is 3.26. The molecule has 0 amide bonds. The Morgan fingerprint density at radius 3 is 2.31 bits per heavy atom. The normalized spacial score (nSPS) is 26.7. The van der Waals surface area contributed by atoms with Gasteiger partial charge in [-0.15, -0.1) is 0 Å². The smallest absolute Gasteiger partial charge is 0.335 e. The van der Waals surface area contributed by atoms with E-state index >= 15 is 0 Å². The van der Waals surface area contributed by atoms with Gasteiger partial charge in [0.05, 0.1) is 5.56 Å². The second-order valence-electron chi connectivity index (χ2n) is 10.5. The molecule has 0 aliphatic heterocycles. The van der Waals surface area contributed by atoms with E-state index in [0.29, 0.717) is 23.9 Å². The lowest BCUT2D eigenvalue weighted by molar-refractivity contribution is -0.0109. The Morgan fingerprint density at radius 1 is 1.03 bits per heavy atom. The van der Waals surface area contributed by atoms with Crippen molar-refractivity contribution >= 4 is 5.97 Å². The Morgan fingerprint density at radius 2 is 1.69 bits per heavy atom. The van der Waals surface area contributed by atoms with Gasteiger partial charge < -0.3 is 19.1 Å². The maximum Gasteiger partial charge on any atom is 0.335 e. The highest BCUT2D eigenvalue weighted by Gasteiger charge is 2.52. The lowest BCUT2D eigenvalue weighted by Gasteiger charge is -2.57. The lowest BCUT2D eigenvalue weighted by Crippen LogP contribution is -2.48. The molecule has 4 aliphatic rings. The number of carboxylic acid groups (broad SMARTS) is 1. The molecule has 4 fully saturated rings. The molecule has 1 aromatic heterocycles. The van der Waals surface area contributed by atoms with E-state index in [2.05, 4.69) is 16.2 Å². The number of hydrogen-bond donors (Lipinski definition) is 1. The van der Waals surface area contributed by atoms with Crippen LogP contribution >= 0.6 is 0 Å². The van der Waals surface area contributed by atoms with Gasteiger partial charge in [-0.05, 0) is 111 Å². The zero-order valence-corrected chi connectivity index (χ0v) is 19.9. The van der Waals surface area contributed by atoms with Crippen molar-refractivity contribution in [2.24, 2.45) is 17.8 Å². The summed E-state index contributed by atoms with van der Waals surface area (Å²) >= 11 is 0. The molecule has 1 heterocycles. The van der Waals surface area contributed by atoms with Crippen molar-refractivity contribution in [3.8, 4) is 28.6 Å². The number of benzene rings is 2. The minimum absolute atomic E-state index is 0.144. The van der Waals surface area contributed by atoms with Crippen molar-refractivity contribution in [3.05, 3.63) is 53.6 Å². The molecule has 182 valence electrons. The molecule has 2 aromatic carbocycles. The van der Waals surface area contributed by atoms with Crippen molar-refractivity contribution < 1.29 is 23.9 Å². The fourth-order valence-electron chi connectivity index (χ4n) is 7.05. The van der Waals surface area contributed by atoms with Crippen LogP contribution in [-0.4, -0.2) is 34.6 Å². The van der Waals surface area contributed by atoms with Crippen LogP contribution in [0.4, 0.5) is 0 Å². The van der Waals surface area contributed by atoms with E-state index in [-0.39, 0.29) is 17.8 Å². The minimum Gasteiger partial charge on any atom is -0.478 e. The predicted molar refractivity (Wildman–Crippen MR) is 129 cm³/mol. The third-order valence-electron chi connectivity index (χ3n) is 8.15. The number of aromatic carboxylic acids is 1. The summed E-state index contributed by atoms with van der Waals surface area (Å²) in [6, 6.07) is 12.7. The van der Waals surface area contributed by atoms with Gasteiger partial charge >= 0.3 is 5.97 Å². The first-order chi connectivity index (χ1) is 17.0. The monoisotopic (exact) mass is 474 g/mol. The van der Waals surface area contributed by atoms with Crippen LogP contribution in [0.2, 0.25) is 0 Å². The average molecular weight is 475 g/mol. The highest BCUT2D eigenvalue weighted by atomic mass is 16.7. The number of ether oxygens (including phenoxy) is 2. The van der Waals surface area contributed by atoms with E-state index in [1.54, 1.807) is 12.1 Å². The van der Waals surface area contributed by atoms with Crippen molar-refractivity contribution in [2.45, 2.75) is 50.9 Å². The molecule has 0 unspecified atom stereocenters. The molecular formula is C28H30N2O5. The number of rotatable bonds is 8. The molecule has 0 spiro atoms. The summed E-state index contributed by atoms with van der Waals surface area (Å²) < 4.78 is 17.2. The zero-order valence-electron chi connectivity index (χ0n) is 19.9. The van der Waals surface area contributed by atoms with Gasteiger partial charge in [0.15, 0.2) is 6.79 Å². The van der Waals surface area contributed by atoms with Crippen LogP contribution in [-0.2, 0) is 10.2 Å². The van der Waals surface area contributed by atoms with Gasteiger partial charge in [0.1, 0.15) is 5.75 Å². The summed E-state index contributed by atoms with van der Waals surface area (Å²) in [5, 5.41) is 13.4. The molecule has 0 saturated heterocycles. The van der Waals surface area contributed by atoms with Gasteiger partial charge in [0.25, 0.3) is 5.89 Å². The molecular weight excluding hydrogens is 444 g/mol. The number of nitrogens with zero attached hydrogens (tertiary/aromatic N) is 2. The first kappa shape index (κ1) is 22.3. The van der Waals surface area contributed by atoms with Gasteiger partial charge in [-0.3, -0.25) is 0 Å². The van der Waals surface area contributed by atoms with Crippen molar-refractivity contribution in [2.75, 3.05) is 13.4 Å². The highest BCUT2D eigenvalue weighted by molar-refractivity contribution is 5.88. The van der Waals surface area contributed by atoms with Crippen LogP contribution in [0, 0.1) is 17.8 Å². The third kappa shape index (κ3) is 4.12. The molecule has 7 heteroatoms. The third-order valence-corrected chi connectivity index (χ3v) is 8.15. The standard InChI is InChI=1S/C28H30N2O5/c1-2-33-16-34-24-8-7-22(12-23(24)28-13-17-9-18(14-28)11-19(10-17)15-28)25-29-26(35-30-25)20-3-5-21(6-4-20)27(31)32/h3-8,12,17-19H,2,9-11,13-16H2,1H3,(H,31,32). The number of carboxylic acids is 1. The minimum atomic E-state index is -0.966. The van der Waals surface area contributed by atoms with Crippen molar-refractivity contribution in [3.63, 3.8) is 0 Å². The van der Waals surface area contributed by atoms with Crippen molar-refractivity contribution in [1.82, 2.24) is 10.1 Å². The molecule has 4 aliphatic carbocycles. The second-order valence-corrected chi connectivity index (χ2v) is 10.5. The van der Waals surface area contributed by atoms with E-state index in [4.69, 9.17) is 19.1 Å². The van der Waals surface area contributed by atoms with Crippen LogP contribution in [0.5, 0.6) is 5.75 Å². The maximum atomic E-state index is 11.1. The summed E-state index contributed by atoms with van der Waals surface area (Å²) in [4.78, 5) is 15.8. The molecule has 4 bridgehead atoms. The van der Waals surface area contributed by atoms with Crippen LogP contribution < -0.4 is 4.74 Å². The molecule has 7 rings (SSSR count). The Hall–Kier alpha value is -3.19. The summed E-state index contributed by atoms with van der Waals surface area (Å²) in [7, 11) is 0. The van der Waals surface area contributed by atoms with E-state index in [9.17, 15) is 4.79 Å². The fourth-order valence-corrected chi connectivity index (χ4v) is 7.05. The van der Waals surface area contributed by atoms with Gasteiger partial charge in [-0.25, -0.2) is 4.79 Å². The Balaban J connectivity index is 1.34. The first-order valence-corrected chi connectivity index (χ1v) is 12.6. The molecule has 0 radical (unpaired) electrons. The number of carbonyl (C=O) groups is 1. The first-order valence-electron chi connectivity index (χ1n) is 12.6. The highest BCUT2D eigenvalue weighted by Crippen LogP contribution is 2.62. The Bertz CT molecular complexity index is 1200. The van der Waals surface area contributed by atoms with Gasteiger partial charge in [0, 0.05) is 23.3 Å². The maximum absolute atomic E-state index is 11.1. The quantitative estimate of drug-likeness (QED) is 0.319. The number of aromatic nitrogens is 2. The van der Waals surface area contributed by atoms with E-state index in [1.807, 2.05) is 19.1 Å². The molecule has 7 nitrogen and oxygen atoms in total. The number of hydrogen-bond acceptors (Lipinski definition) is 6. The van der Waals surface area contributed by atoms with Crippen molar-refractivity contribution in [1.29, 1.82) is 0 Å². The van der Waals surface area contributed by atoms with Gasteiger partial charge in [-0.2, -0.15) is 4.98 Å². The molecule has 1 N–H and O–H groups in total. The molecule has 0 atom stereocenters. The van der Waals surface area contributed by atoms with E-state index in [1.165, 1.54) is 56.2 Å². The lowest BCUT2D eigenvalue weighted by atomic mass is 9.48. The Kier molecular flexibility index (Phi) is 5.60. The van der Waals surface area contributed by atoms with Gasteiger partial charge in [-0.1, -0.05) is 5.16 Å². The summed E-state index contributed by atoms with van der Waals surface area (Å²) in [6.45, 7) is 2.83. The molecule has 4 saturated carbocycles. The summed E-state index contributed by atoms with van der Waals surface area (Å²) in [6.07, 6.45) is 7.80. The second kappa shape index (κ2) is 8.79. The predicted octanol–water partition coefficient (Wildman–Crippen LogP) is 5.94.